The number of hydrogen-bond acceptors (Lipinski definition) is 12. The fourth-order valence-corrected chi connectivity index (χ4v) is 7.55. The van der Waals surface area contributed by atoms with Crippen LogP contribution >= 0.6 is 45.2 Å². The van der Waals surface area contributed by atoms with Crippen molar-refractivity contribution in [3.05, 3.63) is 31.4 Å². The third-order valence-corrected chi connectivity index (χ3v) is 8.08. The van der Waals surface area contributed by atoms with Crippen LogP contribution in [0.5, 0.6) is 0 Å². The monoisotopic (exact) mass is 878 g/mol. The predicted octanol–water partition coefficient (Wildman–Crippen LogP) is -11.8. The van der Waals surface area contributed by atoms with Crippen molar-refractivity contribution in [2.75, 3.05) is 0 Å². The molecular formula is C12H4I2K4O12S4. The number of benzene rings is 2. The van der Waals surface area contributed by atoms with Crippen molar-refractivity contribution in [3.63, 3.8) is 0 Å². The maximum absolute atomic E-state index is 11.7. The van der Waals surface area contributed by atoms with Gasteiger partial charge in [0.1, 0.15) is 40.5 Å². The fraction of sp³-hybridized carbons (Fsp3) is 0. The summed E-state index contributed by atoms with van der Waals surface area (Å²) >= 11 is 2.67. The van der Waals surface area contributed by atoms with Crippen LogP contribution in [0.15, 0.2) is 43.8 Å². The van der Waals surface area contributed by atoms with Gasteiger partial charge in [0.2, 0.25) is 0 Å². The first-order valence-electron chi connectivity index (χ1n) is 6.75. The summed E-state index contributed by atoms with van der Waals surface area (Å²) in [6.45, 7) is 0. The third kappa shape index (κ3) is 12.0. The van der Waals surface area contributed by atoms with Crippen LogP contribution in [0.1, 0.15) is 0 Å². The van der Waals surface area contributed by atoms with Gasteiger partial charge in [-0.05, 0) is 69.4 Å². The third-order valence-electron chi connectivity index (χ3n) is 3.39. The van der Waals surface area contributed by atoms with Gasteiger partial charge < -0.3 is 18.2 Å². The molecule has 2 rings (SSSR count). The van der Waals surface area contributed by atoms with E-state index in [1.807, 2.05) is 0 Å². The summed E-state index contributed by atoms with van der Waals surface area (Å²) in [7, 11) is -22.7. The van der Waals surface area contributed by atoms with E-state index in [1.165, 1.54) is 45.2 Å². The smallest absolute Gasteiger partial charge is 0.744 e. The first kappa shape index (κ1) is 44.5. The van der Waals surface area contributed by atoms with Crippen molar-refractivity contribution in [3.8, 4) is 11.1 Å². The molecule has 0 spiro atoms. The topological polar surface area (TPSA) is 229 Å². The first-order valence-corrected chi connectivity index (χ1v) is 14.5. The van der Waals surface area contributed by atoms with E-state index in [0.717, 1.165) is 0 Å². The molecule has 2 aromatic carbocycles. The Morgan fingerprint density at radius 1 is 0.441 bits per heavy atom. The van der Waals surface area contributed by atoms with E-state index in [1.54, 1.807) is 0 Å². The van der Waals surface area contributed by atoms with Gasteiger partial charge in [0.25, 0.3) is 0 Å². The Kier molecular flexibility index (Phi) is 22.0. The molecule has 0 radical (unpaired) electrons. The first-order chi connectivity index (χ1) is 13.2. The van der Waals surface area contributed by atoms with E-state index in [-0.39, 0.29) is 213 Å². The Bertz CT molecular complexity index is 1290. The second-order valence-electron chi connectivity index (χ2n) is 5.37. The summed E-state index contributed by atoms with van der Waals surface area (Å²) in [5, 5.41) is 0. The molecule has 0 fully saturated rings. The van der Waals surface area contributed by atoms with Crippen LogP contribution in [0.4, 0.5) is 0 Å². The van der Waals surface area contributed by atoms with Gasteiger partial charge in [-0.25, -0.2) is 33.7 Å². The van der Waals surface area contributed by atoms with Crippen LogP contribution in [0.25, 0.3) is 11.1 Å². The molecule has 2 aromatic rings. The van der Waals surface area contributed by atoms with Gasteiger partial charge in [-0.3, -0.25) is 0 Å². The summed E-state index contributed by atoms with van der Waals surface area (Å²) in [6.07, 6.45) is 0. The van der Waals surface area contributed by atoms with Crippen molar-refractivity contribution in [1.29, 1.82) is 0 Å². The van der Waals surface area contributed by atoms with Crippen molar-refractivity contribution in [2.45, 2.75) is 19.6 Å². The normalized spacial score (nSPS) is 11.8. The average molecular weight is 879 g/mol. The molecule has 166 valence electrons. The van der Waals surface area contributed by atoms with Gasteiger partial charge in [-0.1, -0.05) is 0 Å². The molecule has 0 amide bonds. The quantitative estimate of drug-likeness (QED) is 0.155. The van der Waals surface area contributed by atoms with Crippen molar-refractivity contribution in [1.82, 2.24) is 0 Å². The molecule has 0 aliphatic rings. The van der Waals surface area contributed by atoms with E-state index >= 15 is 0 Å². The molecule has 0 N–H and O–H groups in total. The zero-order chi connectivity index (χ0) is 23.4. The predicted molar refractivity (Wildman–Crippen MR) is 109 cm³/mol. The molecule has 22 heteroatoms. The fourth-order valence-electron chi connectivity index (χ4n) is 2.40. The van der Waals surface area contributed by atoms with E-state index in [4.69, 9.17) is 0 Å². The van der Waals surface area contributed by atoms with Crippen molar-refractivity contribution in [2.24, 2.45) is 0 Å². The molecule has 0 aliphatic carbocycles. The molecule has 0 saturated heterocycles. The minimum atomic E-state index is -5.68. The van der Waals surface area contributed by atoms with Crippen molar-refractivity contribution < 1.29 is 257 Å². The number of rotatable bonds is 5. The summed E-state index contributed by atoms with van der Waals surface area (Å²) in [5.74, 6) is 0. The molecule has 0 saturated carbocycles. The molecule has 0 unspecified atom stereocenters. The summed E-state index contributed by atoms with van der Waals surface area (Å²) < 4.78 is 140. The van der Waals surface area contributed by atoms with E-state index < -0.39 is 71.2 Å². The molecule has 0 atom stereocenters. The van der Waals surface area contributed by atoms with Crippen LogP contribution in [0.2, 0.25) is 0 Å². The number of halogens is 2. The molecular weight excluding hydrogens is 875 g/mol. The Balaban J connectivity index is -0.00000240. The second-order valence-corrected chi connectivity index (χ2v) is 13.3. The number of hydrogen-bond donors (Lipinski definition) is 0. The molecule has 34 heavy (non-hydrogen) atoms. The minimum Gasteiger partial charge on any atom is -0.744 e. The van der Waals surface area contributed by atoms with Gasteiger partial charge >= 0.3 is 206 Å². The van der Waals surface area contributed by atoms with E-state index in [2.05, 4.69) is 0 Å². The SMILES string of the molecule is O=S(=O)([O-])c1cc(I)cc(S(=O)(=O)[O-])c1-c1c(S(=O)(=O)[O-])cc(I)cc1S(=O)(=O)[O-].[K+].[K+].[K+].[K+]. The standard InChI is InChI=1S/C12H8I2O12S4.4K/c13-5-1-7(27(15,16)17)11(8(2-5)28(18,19)20)12-9(29(21,22)23)3-6(14)4-10(12)30(24,25)26;;;;/h1-4H,(H,15,16,17)(H,18,19,20)(H,21,22,23)(H,24,25,26);;;;/q;4*+1/p-4. The molecule has 12 nitrogen and oxygen atoms in total. The zero-order valence-electron chi connectivity index (χ0n) is 17.6. The van der Waals surface area contributed by atoms with Crippen LogP contribution in [-0.2, 0) is 40.5 Å². The summed E-state index contributed by atoms with van der Waals surface area (Å²) in [5.41, 5.74) is -3.00. The van der Waals surface area contributed by atoms with E-state index in [9.17, 15) is 51.9 Å². The Labute approximate surface area is 393 Å². The van der Waals surface area contributed by atoms with Gasteiger partial charge in [0, 0.05) is 18.3 Å². The molecule has 0 aliphatic heterocycles. The van der Waals surface area contributed by atoms with Crippen LogP contribution in [0, 0.1) is 7.14 Å². The summed E-state index contributed by atoms with van der Waals surface area (Å²) in [6, 6.07) is 2.08. The Hall–Kier alpha value is 6.09. The van der Waals surface area contributed by atoms with Crippen molar-refractivity contribution >= 4 is 85.7 Å². The van der Waals surface area contributed by atoms with E-state index in [0.29, 0.717) is 24.3 Å². The van der Waals surface area contributed by atoms with Gasteiger partial charge in [0.15, 0.2) is 0 Å². The zero-order valence-corrected chi connectivity index (χ0v) is 37.7. The summed E-state index contributed by atoms with van der Waals surface area (Å²) in [4.78, 5) is -6.06. The second kappa shape index (κ2) is 16.8. The molecule has 0 aromatic heterocycles. The molecule has 0 heterocycles. The largest absolute Gasteiger partial charge is 1.00 e. The molecule has 0 bridgehead atoms. The van der Waals surface area contributed by atoms with Crippen LogP contribution in [0.3, 0.4) is 0 Å². The van der Waals surface area contributed by atoms with Gasteiger partial charge in [-0.2, -0.15) is 0 Å². The maximum atomic E-state index is 11.7. The average Bonchev–Trinajstić information content (AvgIpc) is 2.50. The maximum Gasteiger partial charge on any atom is 1.00 e. The Morgan fingerprint density at radius 3 is 0.706 bits per heavy atom. The van der Waals surface area contributed by atoms with Crippen LogP contribution in [-0.4, -0.2) is 51.9 Å². The van der Waals surface area contributed by atoms with Crippen LogP contribution < -0.4 is 206 Å². The Morgan fingerprint density at radius 2 is 0.588 bits per heavy atom. The van der Waals surface area contributed by atoms with Gasteiger partial charge in [-0.15, -0.1) is 0 Å². The van der Waals surface area contributed by atoms with Gasteiger partial charge in [0.05, 0.1) is 19.6 Å². The minimum absolute atomic E-state index is 0.